The van der Waals surface area contributed by atoms with Gasteiger partial charge in [0.05, 0.1) is 24.9 Å². The average molecular weight is 338 g/mol. The molecule has 1 aromatic carbocycles. The third-order valence-corrected chi connectivity index (χ3v) is 3.50. The van der Waals surface area contributed by atoms with Crippen molar-refractivity contribution in [3.8, 4) is 17.6 Å². The van der Waals surface area contributed by atoms with Crippen LogP contribution in [0.4, 0.5) is 5.69 Å². The Labute approximate surface area is 141 Å². The van der Waals surface area contributed by atoms with Gasteiger partial charge in [0.25, 0.3) is 5.91 Å². The van der Waals surface area contributed by atoms with E-state index >= 15 is 0 Å². The quantitative estimate of drug-likeness (QED) is 0.590. The summed E-state index contributed by atoms with van der Waals surface area (Å²) in [4.78, 5) is 12.0. The highest BCUT2D eigenvalue weighted by Gasteiger charge is 2.13. The summed E-state index contributed by atoms with van der Waals surface area (Å²) in [5.74, 6) is 0.479. The van der Waals surface area contributed by atoms with Gasteiger partial charge in [-0.1, -0.05) is 18.5 Å². The number of amides is 1. The van der Waals surface area contributed by atoms with Crippen LogP contribution in [0.15, 0.2) is 23.9 Å². The van der Waals surface area contributed by atoms with Crippen molar-refractivity contribution in [3.63, 3.8) is 0 Å². The van der Waals surface area contributed by atoms with Gasteiger partial charge in [-0.15, -0.1) is 0 Å². The number of nitrogens with one attached hydrogen (secondary N) is 2. The summed E-state index contributed by atoms with van der Waals surface area (Å²) in [7, 11) is 2.99. The van der Waals surface area contributed by atoms with E-state index in [1.54, 1.807) is 12.1 Å². The molecule has 1 rings (SSSR count). The molecule has 0 heterocycles. The van der Waals surface area contributed by atoms with Crippen LogP contribution in [0.2, 0.25) is 5.02 Å². The fourth-order valence-electron chi connectivity index (χ4n) is 1.68. The maximum Gasteiger partial charge on any atom is 0.263 e. The maximum atomic E-state index is 12.0. The highest BCUT2D eigenvalue weighted by molar-refractivity contribution is 6.32. The molecule has 0 spiro atoms. The maximum absolute atomic E-state index is 12.0. The number of nitriles is 1. The van der Waals surface area contributed by atoms with E-state index in [9.17, 15) is 4.79 Å². The molecule has 1 aromatic rings. The van der Waals surface area contributed by atoms with Gasteiger partial charge in [0.15, 0.2) is 0 Å². The molecular formula is C16H20ClN3O3. The van der Waals surface area contributed by atoms with E-state index in [1.807, 2.05) is 19.9 Å². The Bertz CT molecular complexity index is 638. The molecule has 2 N–H and O–H groups in total. The van der Waals surface area contributed by atoms with Crippen molar-refractivity contribution < 1.29 is 14.3 Å². The number of rotatable bonds is 7. The van der Waals surface area contributed by atoms with Crippen LogP contribution >= 0.6 is 11.6 Å². The van der Waals surface area contributed by atoms with Gasteiger partial charge in [0.1, 0.15) is 23.1 Å². The van der Waals surface area contributed by atoms with E-state index < -0.39 is 5.91 Å². The van der Waals surface area contributed by atoms with Crippen molar-refractivity contribution in [2.45, 2.75) is 26.3 Å². The lowest BCUT2D eigenvalue weighted by molar-refractivity contribution is -0.117. The molecule has 0 aliphatic rings. The molecule has 124 valence electrons. The number of benzene rings is 1. The summed E-state index contributed by atoms with van der Waals surface area (Å²) in [6.45, 7) is 3.82. The zero-order chi connectivity index (χ0) is 17.4. The minimum Gasteiger partial charge on any atom is -0.495 e. The zero-order valence-electron chi connectivity index (χ0n) is 13.6. The molecule has 0 aliphatic heterocycles. The van der Waals surface area contributed by atoms with Crippen LogP contribution in [0.1, 0.15) is 20.3 Å². The molecule has 1 unspecified atom stereocenters. The van der Waals surface area contributed by atoms with Crippen molar-refractivity contribution in [2.75, 3.05) is 19.5 Å². The van der Waals surface area contributed by atoms with Gasteiger partial charge in [-0.25, -0.2) is 0 Å². The molecule has 0 fully saturated rings. The van der Waals surface area contributed by atoms with Crippen LogP contribution in [0.5, 0.6) is 11.5 Å². The van der Waals surface area contributed by atoms with E-state index in [0.717, 1.165) is 6.42 Å². The third-order valence-electron chi connectivity index (χ3n) is 3.20. The van der Waals surface area contributed by atoms with Crippen molar-refractivity contribution in [2.24, 2.45) is 0 Å². The van der Waals surface area contributed by atoms with Crippen LogP contribution in [-0.2, 0) is 4.79 Å². The molecule has 1 amide bonds. The number of hydrogen-bond donors (Lipinski definition) is 2. The highest BCUT2D eigenvalue weighted by Crippen LogP contribution is 2.35. The first-order valence-corrected chi connectivity index (χ1v) is 7.43. The summed E-state index contributed by atoms with van der Waals surface area (Å²) >= 11 is 6.03. The summed E-state index contributed by atoms with van der Waals surface area (Å²) in [5, 5.41) is 15.1. The van der Waals surface area contributed by atoms with Gasteiger partial charge in [0, 0.05) is 24.4 Å². The molecule has 23 heavy (non-hydrogen) atoms. The number of carbonyl (C=O) groups is 1. The van der Waals surface area contributed by atoms with Crippen molar-refractivity contribution in [1.29, 1.82) is 5.26 Å². The first kappa shape index (κ1) is 18.7. The monoisotopic (exact) mass is 337 g/mol. The molecular weight excluding hydrogens is 318 g/mol. The molecule has 6 nitrogen and oxygen atoms in total. The van der Waals surface area contributed by atoms with Gasteiger partial charge >= 0.3 is 0 Å². The normalized spacial score (nSPS) is 12.1. The van der Waals surface area contributed by atoms with Crippen molar-refractivity contribution in [3.05, 3.63) is 28.9 Å². The number of ether oxygens (including phenoxy) is 2. The molecule has 0 aliphatic carbocycles. The summed E-state index contributed by atoms with van der Waals surface area (Å²) < 4.78 is 10.4. The molecule has 0 aromatic heterocycles. The number of anilines is 1. The number of hydrogen-bond acceptors (Lipinski definition) is 5. The number of halogens is 1. The predicted octanol–water partition coefficient (Wildman–Crippen LogP) is 3.09. The van der Waals surface area contributed by atoms with Crippen LogP contribution < -0.4 is 20.1 Å². The molecule has 7 heteroatoms. The first-order chi connectivity index (χ1) is 11.0. The second kappa shape index (κ2) is 8.91. The second-order valence-electron chi connectivity index (χ2n) is 4.78. The van der Waals surface area contributed by atoms with Crippen LogP contribution in [-0.4, -0.2) is 26.2 Å². The van der Waals surface area contributed by atoms with E-state index in [1.165, 1.54) is 20.4 Å². The van der Waals surface area contributed by atoms with Crippen LogP contribution in [0, 0.1) is 11.3 Å². The lowest BCUT2D eigenvalue weighted by Crippen LogP contribution is -2.33. The number of nitrogens with zero attached hydrogens (tertiary/aromatic N) is 1. The van der Waals surface area contributed by atoms with Gasteiger partial charge in [-0.2, -0.15) is 5.26 Å². The molecule has 0 radical (unpaired) electrons. The summed E-state index contributed by atoms with van der Waals surface area (Å²) in [5.41, 5.74) is 0.485. The zero-order valence-corrected chi connectivity index (χ0v) is 14.3. The topological polar surface area (TPSA) is 83.4 Å². The Kier molecular flexibility index (Phi) is 7.23. The van der Waals surface area contributed by atoms with Crippen LogP contribution in [0.3, 0.4) is 0 Å². The van der Waals surface area contributed by atoms with Crippen molar-refractivity contribution in [1.82, 2.24) is 5.32 Å². The predicted molar refractivity (Wildman–Crippen MR) is 89.8 cm³/mol. The fourth-order valence-corrected chi connectivity index (χ4v) is 1.91. The fraction of sp³-hybridized carbons (Fsp3) is 0.375. The van der Waals surface area contributed by atoms with Crippen LogP contribution in [0.25, 0.3) is 0 Å². The highest BCUT2D eigenvalue weighted by atomic mass is 35.5. The number of carbonyl (C=O) groups excluding carboxylic acids is 1. The number of methoxy groups -OCH3 is 2. The molecule has 0 saturated heterocycles. The van der Waals surface area contributed by atoms with Gasteiger partial charge in [-0.05, 0) is 13.3 Å². The lowest BCUT2D eigenvalue weighted by atomic mass is 10.2. The summed E-state index contributed by atoms with van der Waals surface area (Å²) in [6.07, 6.45) is 2.10. The molecule has 0 bridgehead atoms. The van der Waals surface area contributed by atoms with Gasteiger partial charge in [0.2, 0.25) is 0 Å². The lowest BCUT2D eigenvalue weighted by Gasteiger charge is -2.13. The largest absolute Gasteiger partial charge is 0.495 e. The second-order valence-corrected chi connectivity index (χ2v) is 5.19. The van der Waals surface area contributed by atoms with E-state index in [4.69, 9.17) is 26.3 Å². The Balaban J connectivity index is 3.01. The Morgan fingerprint density at radius 2 is 2.04 bits per heavy atom. The van der Waals surface area contributed by atoms with E-state index in [2.05, 4.69) is 10.6 Å². The SMILES string of the molecule is CCC(C)NC(=O)/C(C#N)=C\Nc1cc(OC)c(Cl)cc1OC. The standard InChI is InChI=1S/C16H20ClN3O3/c1-5-10(2)20-16(21)11(8-18)9-19-13-7-14(22-3)12(17)6-15(13)23-4/h6-7,9-10,19H,5H2,1-4H3,(H,20,21)/b11-9-. The average Bonchev–Trinajstić information content (AvgIpc) is 2.55. The van der Waals surface area contributed by atoms with Crippen molar-refractivity contribution >= 4 is 23.2 Å². The Hall–Kier alpha value is -2.39. The molecule has 1 atom stereocenters. The van der Waals surface area contributed by atoms with E-state index in [-0.39, 0.29) is 11.6 Å². The molecule has 0 saturated carbocycles. The summed E-state index contributed by atoms with van der Waals surface area (Å²) in [6, 6.07) is 5.07. The Morgan fingerprint density at radius 1 is 1.39 bits per heavy atom. The third kappa shape index (κ3) is 5.08. The van der Waals surface area contributed by atoms with E-state index in [0.29, 0.717) is 22.2 Å². The minimum absolute atomic E-state index is 0.00980. The first-order valence-electron chi connectivity index (χ1n) is 7.05. The minimum atomic E-state index is -0.436. The smallest absolute Gasteiger partial charge is 0.263 e. The van der Waals surface area contributed by atoms with Gasteiger partial charge < -0.3 is 20.1 Å². The van der Waals surface area contributed by atoms with Gasteiger partial charge in [-0.3, -0.25) is 4.79 Å². The Morgan fingerprint density at radius 3 is 2.57 bits per heavy atom.